The second kappa shape index (κ2) is 9.41. The minimum atomic E-state index is -4.59. The molecule has 8 nitrogen and oxygen atoms in total. The van der Waals surface area contributed by atoms with Gasteiger partial charge in [-0.05, 0) is 23.4 Å². The van der Waals surface area contributed by atoms with E-state index in [1.165, 1.54) is 37.6 Å². The third kappa shape index (κ3) is 6.05. The molecule has 0 aliphatic heterocycles. The first-order chi connectivity index (χ1) is 13.6. The van der Waals surface area contributed by atoms with E-state index < -0.39 is 45.7 Å². The first kappa shape index (κ1) is 22.9. The van der Waals surface area contributed by atoms with E-state index in [4.69, 9.17) is 4.74 Å². The van der Waals surface area contributed by atoms with Crippen LogP contribution in [0, 0.1) is 0 Å². The van der Waals surface area contributed by atoms with Crippen LogP contribution in [0.2, 0.25) is 0 Å². The van der Waals surface area contributed by atoms with E-state index in [9.17, 15) is 26.4 Å². The number of carbonyl (C=O) groups is 1. The van der Waals surface area contributed by atoms with Crippen LogP contribution in [0.3, 0.4) is 0 Å². The van der Waals surface area contributed by atoms with Crippen LogP contribution in [-0.2, 0) is 25.2 Å². The lowest BCUT2D eigenvalue weighted by atomic mass is 10.2. The molecule has 0 N–H and O–H groups in total. The number of sulfonamides is 1. The number of hydrogen-bond acceptors (Lipinski definition) is 8. The van der Waals surface area contributed by atoms with Gasteiger partial charge in [-0.15, -0.1) is 0 Å². The van der Waals surface area contributed by atoms with Gasteiger partial charge in [-0.2, -0.15) is 13.2 Å². The number of thioether (sulfide) groups is 1. The normalized spacial score (nSPS) is 11.9. The number of methoxy groups -OCH3 is 2. The van der Waals surface area contributed by atoms with E-state index in [0.29, 0.717) is 4.31 Å². The van der Waals surface area contributed by atoms with Crippen LogP contribution in [0.5, 0.6) is 0 Å². The van der Waals surface area contributed by atoms with E-state index in [0.717, 1.165) is 13.3 Å². The lowest BCUT2D eigenvalue weighted by Crippen LogP contribution is -2.36. The van der Waals surface area contributed by atoms with Gasteiger partial charge >= 0.3 is 11.5 Å². The Morgan fingerprint density at radius 3 is 2.45 bits per heavy atom. The number of aromatic nitrogens is 2. The molecule has 0 saturated carbocycles. The highest BCUT2D eigenvalue weighted by Crippen LogP contribution is 2.39. The average molecular weight is 451 g/mol. The van der Waals surface area contributed by atoms with Crippen LogP contribution >= 0.6 is 11.8 Å². The van der Waals surface area contributed by atoms with E-state index in [2.05, 4.69) is 14.7 Å². The van der Waals surface area contributed by atoms with E-state index >= 15 is 0 Å². The Morgan fingerprint density at radius 2 is 1.83 bits per heavy atom. The molecule has 1 aromatic carbocycles. The van der Waals surface area contributed by atoms with Crippen LogP contribution in [0.15, 0.2) is 41.6 Å². The summed E-state index contributed by atoms with van der Waals surface area (Å²) in [5, 5.41) is 0. The number of esters is 1. The average Bonchev–Trinajstić information content (AvgIpc) is 2.65. The predicted molar refractivity (Wildman–Crippen MR) is 98.7 cm³/mol. The molecule has 29 heavy (non-hydrogen) atoms. The molecular weight excluding hydrogens is 435 g/mol. The van der Waals surface area contributed by atoms with E-state index in [-0.39, 0.29) is 22.0 Å². The topological polar surface area (TPSA) is 98.7 Å². The van der Waals surface area contributed by atoms with Gasteiger partial charge in [0.05, 0.1) is 12.9 Å². The van der Waals surface area contributed by atoms with Gasteiger partial charge in [0, 0.05) is 24.4 Å². The summed E-state index contributed by atoms with van der Waals surface area (Å²) in [7, 11) is -2.02. The Morgan fingerprint density at radius 1 is 1.17 bits per heavy atom. The molecule has 1 heterocycles. The Labute approximate surface area is 169 Å². The van der Waals surface area contributed by atoms with Crippen molar-refractivity contribution in [2.24, 2.45) is 0 Å². The minimum Gasteiger partial charge on any atom is -0.464 e. The highest BCUT2D eigenvalue weighted by molar-refractivity contribution is 8.00. The summed E-state index contributed by atoms with van der Waals surface area (Å²) < 4.78 is 74.5. The van der Waals surface area contributed by atoms with Crippen molar-refractivity contribution in [2.75, 3.05) is 25.3 Å². The van der Waals surface area contributed by atoms with Gasteiger partial charge in [0.25, 0.3) is 0 Å². The summed E-state index contributed by atoms with van der Waals surface area (Å²) in [4.78, 5) is 19.3. The third-order valence-electron chi connectivity index (χ3n) is 3.41. The number of anilines is 1. The molecule has 0 bridgehead atoms. The van der Waals surface area contributed by atoms with Gasteiger partial charge in [-0.3, -0.25) is 0 Å². The van der Waals surface area contributed by atoms with Crippen LogP contribution < -0.4 is 4.31 Å². The maximum Gasteiger partial charge on any atom is 0.446 e. The maximum atomic E-state index is 13.0. The molecule has 0 aliphatic carbocycles. The van der Waals surface area contributed by atoms with Crippen molar-refractivity contribution in [2.45, 2.75) is 16.2 Å². The number of hydrogen-bond donors (Lipinski definition) is 0. The zero-order valence-electron chi connectivity index (χ0n) is 15.2. The van der Waals surface area contributed by atoms with E-state index in [1.807, 2.05) is 0 Å². The van der Waals surface area contributed by atoms with Gasteiger partial charge in [0.2, 0.25) is 10.0 Å². The van der Waals surface area contributed by atoms with Crippen molar-refractivity contribution < 1.29 is 35.9 Å². The van der Waals surface area contributed by atoms with Crippen molar-refractivity contribution >= 4 is 33.6 Å². The summed E-state index contributed by atoms with van der Waals surface area (Å²) in [6, 6.07) is 5.24. The van der Waals surface area contributed by atoms with Gasteiger partial charge in [0.15, 0.2) is 11.5 Å². The van der Waals surface area contributed by atoms with Gasteiger partial charge in [-0.25, -0.2) is 27.5 Å². The Kier molecular flexibility index (Phi) is 7.43. The summed E-state index contributed by atoms with van der Waals surface area (Å²) in [6.07, 6.45) is 2.33. The summed E-state index contributed by atoms with van der Waals surface area (Å²) >= 11 is -0.416. The van der Waals surface area contributed by atoms with Crippen molar-refractivity contribution in [3.63, 3.8) is 0 Å². The molecule has 0 radical (unpaired) electrons. The molecule has 0 unspecified atom stereocenters. The molecule has 0 atom stereocenters. The number of nitrogens with zero attached hydrogens (tertiary/aromatic N) is 3. The van der Waals surface area contributed by atoms with Crippen LogP contribution in [0.4, 0.5) is 19.0 Å². The van der Waals surface area contributed by atoms with Crippen LogP contribution in [0.25, 0.3) is 0 Å². The highest BCUT2D eigenvalue weighted by Gasteiger charge is 2.33. The molecule has 2 aromatic rings. The minimum absolute atomic E-state index is 0.0700. The zero-order valence-corrected chi connectivity index (χ0v) is 16.8. The molecule has 13 heteroatoms. The molecule has 2 rings (SSSR count). The smallest absolute Gasteiger partial charge is 0.446 e. The Balaban J connectivity index is 2.47. The second-order valence-electron chi connectivity index (χ2n) is 5.40. The molecular formula is C16H16F3N3O5S2. The van der Waals surface area contributed by atoms with Crippen molar-refractivity contribution in [3.8, 4) is 0 Å². The van der Waals surface area contributed by atoms with Crippen molar-refractivity contribution in [1.82, 2.24) is 9.97 Å². The summed E-state index contributed by atoms with van der Waals surface area (Å²) in [5.74, 6) is -2.08. The number of ether oxygens (including phenoxy) is 2. The predicted octanol–water partition coefficient (Wildman–Crippen LogP) is 2.82. The summed E-state index contributed by atoms with van der Waals surface area (Å²) in [5.41, 5.74) is -5.04. The monoisotopic (exact) mass is 451 g/mol. The third-order valence-corrected chi connectivity index (χ3v) is 5.89. The SMILES string of the molecule is COCN(c1nccnc1C(=O)OC)S(=O)(=O)Cc1ccccc1SC(F)(F)F. The van der Waals surface area contributed by atoms with Gasteiger partial charge in [-0.1, -0.05) is 18.2 Å². The second-order valence-corrected chi connectivity index (χ2v) is 8.40. The number of carbonyl (C=O) groups excluding carboxylic acids is 1. The van der Waals surface area contributed by atoms with E-state index in [1.54, 1.807) is 0 Å². The zero-order chi connectivity index (χ0) is 21.7. The lowest BCUT2D eigenvalue weighted by molar-refractivity contribution is -0.0328. The molecule has 0 fully saturated rings. The molecule has 0 saturated heterocycles. The van der Waals surface area contributed by atoms with Crippen LogP contribution in [-0.4, -0.2) is 50.8 Å². The van der Waals surface area contributed by atoms with Crippen molar-refractivity contribution in [3.05, 3.63) is 47.9 Å². The number of alkyl halides is 3. The quantitative estimate of drug-likeness (QED) is 0.343. The molecule has 1 aromatic heterocycles. The fraction of sp³-hybridized carbons (Fsp3) is 0.312. The fourth-order valence-electron chi connectivity index (χ4n) is 2.27. The maximum absolute atomic E-state index is 13.0. The lowest BCUT2D eigenvalue weighted by Gasteiger charge is -2.24. The largest absolute Gasteiger partial charge is 0.464 e. The first-order valence-electron chi connectivity index (χ1n) is 7.81. The van der Waals surface area contributed by atoms with Crippen LogP contribution in [0.1, 0.15) is 16.1 Å². The van der Waals surface area contributed by atoms with Gasteiger partial charge in [0.1, 0.15) is 6.73 Å². The fourth-order valence-corrected chi connectivity index (χ4v) is 4.49. The van der Waals surface area contributed by atoms with Crippen molar-refractivity contribution in [1.29, 1.82) is 0 Å². The molecule has 158 valence electrons. The number of halogens is 3. The molecule has 0 amide bonds. The first-order valence-corrected chi connectivity index (χ1v) is 10.2. The Bertz CT molecular complexity index is 970. The Hall–Kier alpha value is -2.38. The number of rotatable bonds is 8. The molecule has 0 spiro atoms. The highest BCUT2D eigenvalue weighted by atomic mass is 32.2. The molecule has 0 aliphatic rings. The standard InChI is InChI=1S/C16H16F3N3O5S2/c1-26-10-22(14-13(15(23)27-2)20-7-8-21-14)29(24,25)9-11-5-3-4-6-12(11)28-16(17,18)19/h3-8H,9-10H2,1-2H3. The number of benzene rings is 1. The van der Waals surface area contributed by atoms with Gasteiger partial charge < -0.3 is 9.47 Å². The summed E-state index contributed by atoms with van der Waals surface area (Å²) in [6.45, 7) is -0.542.